The summed E-state index contributed by atoms with van der Waals surface area (Å²) in [6, 6.07) is 5.39. The summed E-state index contributed by atoms with van der Waals surface area (Å²) in [6.07, 6.45) is 6.36. The summed E-state index contributed by atoms with van der Waals surface area (Å²) < 4.78 is 13.8. The highest BCUT2D eigenvalue weighted by Crippen LogP contribution is 2.30. The van der Waals surface area contributed by atoms with E-state index in [4.69, 9.17) is 0 Å². The van der Waals surface area contributed by atoms with Gasteiger partial charge in [0.1, 0.15) is 5.82 Å². The van der Waals surface area contributed by atoms with Crippen molar-refractivity contribution in [3.8, 4) is 0 Å². The molecule has 0 atom stereocenters. The third-order valence-corrected chi connectivity index (χ3v) is 6.45. The largest absolute Gasteiger partial charge is 0.355 e. The highest BCUT2D eigenvalue weighted by atomic mass is 19.1. The zero-order chi connectivity index (χ0) is 20.0. The molecule has 1 aromatic carbocycles. The van der Waals surface area contributed by atoms with Gasteiger partial charge in [0.25, 0.3) is 0 Å². The first kappa shape index (κ1) is 21.1. The van der Waals surface area contributed by atoms with Crippen molar-refractivity contribution in [2.75, 3.05) is 46.8 Å². The molecule has 5 nitrogen and oxygen atoms in total. The third kappa shape index (κ3) is 5.23. The molecule has 2 saturated heterocycles. The minimum atomic E-state index is -0.155. The van der Waals surface area contributed by atoms with Crippen LogP contribution in [0.15, 0.2) is 23.2 Å². The fourth-order valence-electron chi connectivity index (χ4n) is 4.41. The predicted molar refractivity (Wildman–Crippen MR) is 114 cm³/mol. The molecule has 156 valence electrons. The van der Waals surface area contributed by atoms with Gasteiger partial charge >= 0.3 is 0 Å². The van der Waals surface area contributed by atoms with E-state index < -0.39 is 0 Å². The Kier molecular flexibility index (Phi) is 7.30. The Hall–Kier alpha value is -1.66. The van der Waals surface area contributed by atoms with Gasteiger partial charge < -0.3 is 15.5 Å². The molecular weight excluding hydrogens is 353 g/mol. The number of aliphatic imine (C=N–C) groups is 1. The van der Waals surface area contributed by atoms with E-state index in [1.54, 1.807) is 20.0 Å². The fourth-order valence-corrected chi connectivity index (χ4v) is 4.41. The monoisotopic (exact) mass is 389 g/mol. The lowest BCUT2D eigenvalue weighted by atomic mass is 9.84. The first-order chi connectivity index (χ1) is 13.5. The molecule has 2 fully saturated rings. The summed E-state index contributed by atoms with van der Waals surface area (Å²) in [4.78, 5) is 9.54. The van der Waals surface area contributed by atoms with Crippen molar-refractivity contribution in [2.45, 2.75) is 51.1 Å². The molecule has 0 saturated carbocycles. The summed E-state index contributed by atoms with van der Waals surface area (Å²) >= 11 is 0. The van der Waals surface area contributed by atoms with Gasteiger partial charge in [-0.25, -0.2) is 4.39 Å². The smallest absolute Gasteiger partial charge is 0.191 e. The number of guanidine groups is 1. The number of rotatable bonds is 5. The van der Waals surface area contributed by atoms with Crippen LogP contribution in [0.25, 0.3) is 0 Å². The zero-order valence-electron chi connectivity index (χ0n) is 17.7. The topological polar surface area (TPSA) is 42.9 Å². The average Bonchev–Trinajstić information content (AvgIpc) is 2.73. The lowest BCUT2D eigenvalue weighted by molar-refractivity contribution is 0.0173. The van der Waals surface area contributed by atoms with Gasteiger partial charge in [0.2, 0.25) is 0 Å². The van der Waals surface area contributed by atoms with E-state index in [1.807, 2.05) is 12.1 Å². The first-order valence-corrected chi connectivity index (χ1v) is 10.7. The van der Waals surface area contributed by atoms with Gasteiger partial charge in [-0.3, -0.25) is 9.89 Å². The van der Waals surface area contributed by atoms with Gasteiger partial charge in [-0.2, -0.15) is 0 Å². The van der Waals surface area contributed by atoms with E-state index in [9.17, 15) is 4.39 Å². The molecule has 0 radical (unpaired) electrons. The quantitative estimate of drug-likeness (QED) is 0.600. The molecule has 0 bridgehead atoms. The van der Waals surface area contributed by atoms with Crippen LogP contribution in [-0.2, 0) is 6.54 Å². The van der Waals surface area contributed by atoms with Gasteiger partial charge in [0, 0.05) is 25.7 Å². The minimum Gasteiger partial charge on any atom is -0.355 e. The average molecular weight is 390 g/mol. The molecule has 2 aliphatic rings. The number of hydrogen-bond donors (Lipinski definition) is 2. The number of benzene rings is 1. The normalized spacial score (nSPS) is 21.5. The lowest BCUT2D eigenvalue weighted by Crippen LogP contribution is -2.62. The van der Waals surface area contributed by atoms with Crippen molar-refractivity contribution in [1.29, 1.82) is 0 Å². The maximum Gasteiger partial charge on any atom is 0.191 e. The van der Waals surface area contributed by atoms with Crippen molar-refractivity contribution < 1.29 is 4.39 Å². The standard InChI is InChI=1S/C22H36FN5/c1-18-7-8-19(15-20(18)23)16-25-21(24-2)26-17-22(9-13-27(3)14-10-22)28-11-5-4-6-12-28/h7-8,15H,4-6,9-14,16-17H2,1-3H3,(H2,24,25,26). The Balaban J connectivity index is 1.59. The SMILES string of the molecule is CN=C(NCc1ccc(C)c(F)c1)NCC1(N2CCCCC2)CCN(C)CC1. The molecule has 2 N–H and O–H groups in total. The molecule has 1 aromatic rings. The molecule has 0 spiro atoms. The van der Waals surface area contributed by atoms with E-state index in [1.165, 1.54) is 45.2 Å². The summed E-state index contributed by atoms with van der Waals surface area (Å²) in [5.41, 5.74) is 1.81. The second-order valence-electron chi connectivity index (χ2n) is 8.44. The third-order valence-electron chi connectivity index (χ3n) is 6.45. The van der Waals surface area contributed by atoms with Gasteiger partial charge in [-0.1, -0.05) is 18.6 Å². The summed E-state index contributed by atoms with van der Waals surface area (Å²) in [6.45, 7) is 7.97. The van der Waals surface area contributed by atoms with Crippen LogP contribution in [0.3, 0.4) is 0 Å². The summed E-state index contributed by atoms with van der Waals surface area (Å²) in [7, 11) is 4.02. The van der Waals surface area contributed by atoms with E-state index >= 15 is 0 Å². The van der Waals surface area contributed by atoms with Crippen LogP contribution in [-0.4, -0.2) is 68.1 Å². The second-order valence-corrected chi connectivity index (χ2v) is 8.44. The Morgan fingerprint density at radius 2 is 1.82 bits per heavy atom. The molecule has 28 heavy (non-hydrogen) atoms. The second kappa shape index (κ2) is 9.70. The van der Waals surface area contributed by atoms with Crippen LogP contribution >= 0.6 is 0 Å². The molecule has 3 rings (SSSR count). The van der Waals surface area contributed by atoms with Crippen LogP contribution in [0, 0.1) is 12.7 Å². The maximum atomic E-state index is 13.8. The Morgan fingerprint density at radius 3 is 2.46 bits per heavy atom. The number of piperidine rings is 2. The molecule has 2 heterocycles. The highest BCUT2D eigenvalue weighted by molar-refractivity contribution is 5.79. The number of halogens is 1. The molecular formula is C22H36FN5. The molecule has 0 aromatic heterocycles. The minimum absolute atomic E-state index is 0.155. The van der Waals surface area contributed by atoms with Gasteiger partial charge in [0.15, 0.2) is 5.96 Å². The van der Waals surface area contributed by atoms with Gasteiger partial charge in [-0.15, -0.1) is 0 Å². The Morgan fingerprint density at radius 1 is 1.11 bits per heavy atom. The van der Waals surface area contributed by atoms with Crippen LogP contribution in [0.1, 0.15) is 43.2 Å². The number of nitrogens with zero attached hydrogens (tertiary/aromatic N) is 3. The van der Waals surface area contributed by atoms with E-state index in [0.29, 0.717) is 12.1 Å². The van der Waals surface area contributed by atoms with Crippen molar-refractivity contribution in [1.82, 2.24) is 20.4 Å². The summed E-state index contributed by atoms with van der Waals surface area (Å²) in [5.74, 6) is 0.633. The van der Waals surface area contributed by atoms with Crippen molar-refractivity contribution in [3.05, 3.63) is 35.1 Å². The predicted octanol–water partition coefficient (Wildman–Crippen LogP) is 2.75. The van der Waals surface area contributed by atoms with Crippen molar-refractivity contribution in [2.24, 2.45) is 4.99 Å². The fraction of sp³-hybridized carbons (Fsp3) is 0.682. The maximum absolute atomic E-state index is 13.8. The molecule has 0 unspecified atom stereocenters. The zero-order valence-corrected chi connectivity index (χ0v) is 17.7. The number of likely N-dealkylation sites (tertiary alicyclic amines) is 2. The van der Waals surface area contributed by atoms with Crippen molar-refractivity contribution >= 4 is 5.96 Å². The van der Waals surface area contributed by atoms with E-state index in [0.717, 1.165) is 31.2 Å². The van der Waals surface area contributed by atoms with Crippen molar-refractivity contribution in [3.63, 3.8) is 0 Å². The molecule has 0 amide bonds. The van der Waals surface area contributed by atoms with Crippen LogP contribution in [0.4, 0.5) is 4.39 Å². The van der Waals surface area contributed by atoms with Crippen LogP contribution < -0.4 is 10.6 Å². The number of nitrogens with one attached hydrogen (secondary N) is 2. The van der Waals surface area contributed by atoms with Gasteiger partial charge in [-0.05, 0) is 83.0 Å². The number of hydrogen-bond acceptors (Lipinski definition) is 3. The Labute approximate surface area is 169 Å². The van der Waals surface area contributed by atoms with Crippen LogP contribution in [0.2, 0.25) is 0 Å². The first-order valence-electron chi connectivity index (χ1n) is 10.7. The molecule has 0 aliphatic carbocycles. The molecule has 6 heteroatoms. The highest BCUT2D eigenvalue weighted by Gasteiger charge is 2.39. The summed E-state index contributed by atoms with van der Waals surface area (Å²) in [5, 5.41) is 6.92. The number of aryl methyl sites for hydroxylation is 1. The van der Waals surface area contributed by atoms with E-state index in [-0.39, 0.29) is 11.4 Å². The Bertz CT molecular complexity index is 661. The lowest BCUT2D eigenvalue weighted by Gasteiger charge is -2.50. The van der Waals surface area contributed by atoms with E-state index in [2.05, 4.69) is 32.5 Å². The molecule has 2 aliphatic heterocycles. The van der Waals surface area contributed by atoms with Gasteiger partial charge in [0.05, 0.1) is 0 Å². The van der Waals surface area contributed by atoms with Crippen LogP contribution in [0.5, 0.6) is 0 Å².